The lowest BCUT2D eigenvalue weighted by Gasteiger charge is -2.27. The zero-order valence-corrected chi connectivity index (χ0v) is 18.1. The number of hydrogen-bond acceptors (Lipinski definition) is 8. The number of esters is 1. The molecule has 0 bridgehead atoms. The maximum absolute atomic E-state index is 11.5. The van der Waals surface area contributed by atoms with Gasteiger partial charge in [-0.05, 0) is 29.8 Å². The Balaban J connectivity index is 2.63. The van der Waals surface area contributed by atoms with Crippen molar-refractivity contribution in [2.45, 2.75) is 18.9 Å². The molecule has 0 aromatic heterocycles. The van der Waals surface area contributed by atoms with Gasteiger partial charge < -0.3 is 33.5 Å². The van der Waals surface area contributed by atoms with E-state index in [9.17, 15) is 9.90 Å². The maximum atomic E-state index is 11.5. The van der Waals surface area contributed by atoms with E-state index in [0.29, 0.717) is 39.9 Å². The first-order valence-corrected chi connectivity index (χ1v) is 9.23. The lowest BCUT2D eigenvalue weighted by Crippen LogP contribution is -2.20. The molecule has 0 fully saturated rings. The van der Waals surface area contributed by atoms with Crippen molar-refractivity contribution >= 4 is 5.97 Å². The van der Waals surface area contributed by atoms with Gasteiger partial charge in [0.15, 0.2) is 11.5 Å². The van der Waals surface area contributed by atoms with Crippen LogP contribution in [-0.4, -0.2) is 53.2 Å². The molecule has 164 valence electrons. The Bertz CT molecular complexity index is 817. The van der Waals surface area contributed by atoms with E-state index in [0.717, 1.165) is 0 Å². The molecule has 0 amide bonds. The van der Waals surface area contributed by atoms with Crippen LogP contribution in [-0.2, 0) is 9.53 Å². The molecule has 0 radical (unpaired) electrons. The molecular formula is C22H28O8. The van der Waals surface area contributed by atoms with Gasteiger partial charge in [-0.3, -0.25) is 4.79 Å². The Morgan fingerprint density at radius 1 is 0.867 bits per heavy atom. The average Bonchev–Trinajstić information content (AvgIpc) is 2.77. The minimum Gasteiger partial charge on any atom is -0.496 e. The summed E-state index contributed by atoms with van der Waals surface area (Å²) >= 11 is 0. The Morgan fingerprint density at radius 2 is 1.37 bits per heavy atom. The lowest BCUT2D eigenvalue weighted by molar-refractivity contribution is -0.142. The summed E-state index contributed by atoms with van der Waals surface area (Å²) in [4.78, 5) is 11.5. The zero-order valence-electron chi connectivity index (χ0n) is 18.1. The first-order chi connectivity index (χ1) is 14.4. The number of rotatable bonds is 10. The van der Waals surface area contributed by atoms with Crippen LogP contribution < -0.4 is 23.7 Å². The van der Waals surface area contributed by atoms with Crippen LogP contribution in [0.4, 0.5) is 0 Å². The summed E-state index contributed by atoms with van der Waals surface area (Å²) in [5.74, 6) is 1.03. The fourth-order valence-corrected chi connectivity index (χ4v) is 3.29. The van der Waals surface area contributed by atoms with Crippen molar-refractivity contribution in [2.24, 2.45) is 0 Å². The van der Waals surface area contributed by atoms with Gasteiger partial charge >= 0.3 is 5.97 Å². The fraction of sp³-hybridized carbons (Fsp3) is 0.409. The van der Waals surface area contributed by atoms with Crippen molar-refractivity contribution < 1.29 is 38.3 Å². The van der Waals surface area contributed by atoms with E-state index in [1.54, 1.807) is 30.3 Å². The van der Waals surface area contributed by atoms with Crippen LogP contribution in [0.1, 0.15) is 30.1 Å². The first-order valence-electron chi connectivity index (χ1n) is 9.23. The van der Waals surface area contributed by atoms with E-state index < -0.39 is 18.0 Å². The summed E-state index contributed by atoms with van der Waals surface area (Å²) in [6.07, 6.45) is -1.11. The topological polar surface area (TPSA) is 92.7 Å². The van der Waals surface area contributed by atoms with Crippen LogP contribution in [0.3, 0.4) is 0 Å². The lowest BCUT2D eigenvalue weighted by atomic mass is 9.88. The number of methoxy groups -OCH3 is 5. The van der Waals surface area contributed by atoms with Gasteiger partial charge in [-0.25, -0.2) is 0 Å². The molecule has 0 aliphatic heterocycles. The molecule has 0 spiro atoms. The van der Waals surface area contributed by atoms with Gasteiger partial charge in [0.1, 0.15) is 18.1 Å². The summed E-state index contributed by atoms with van der Waals surface area (Å²) in [7, 11) is 7.53. The van der Waals surface area contributed by atoms with Gasteiger partial charge in [0.25, 0.3) is 0 Å². The Labute approximate surface area is 176 Å². The van der Waals surface area contributed by atoms with Crippen LogP contribution in [0.25, 0.3) is 0 Å². The summed E-state index contributed by atoms with van der Waals surface area (Å²) in [5, 5.41) is 11.3. The minimum absolute atomic E-state index is 0.0934. The first kappa shape index (κ1) is 23.2. The smallest absolute Gasteiger partial charge is 0.302 e. The van der Waals surface area contributed by atoms with E-state index in [-0.39, 0.29) is 6.61 Å². The third kappa shape index (κ3) is 4.88. The Morgan fingerprint density at radius 3 is 1.77 bits per heavy atom. The minimum atomic E-state index is -1.11. The van der Waals surface area contributed by atoms with Crippen molar-refractivity contribution in [3.63, 3.8) is 0 Å². The molecule has 30 heavy (non-hydrogen) atoms. The van der Waals surface area contributed by atoms with Crippen LogP contribution in [0.2, 0.25) is 0 Å². The van der Waals surface area contributed by atoms with Crippen molar-refractivity contribution in [2.75, 3.05) is 42.2 Å². The number of aliphatic hydroxyl groups excluding tert-OH is 1. The molecule has 2 aromatic carbocycles. The van der Waals surface area contributed by atoms with Crippen molar-refractivity contribution in [1.29, 1.82) is 0 Å². The zero-order chi connectivity index (χ0) is 22.3. The summed E-state index contributed by atoms with van der Waals surface area (Å²) in [5.41, 5.74) is 1.06. The predicted octanol–water partition coefficient (Wildman–Crippen LogP) is 3.11. The highest BCUT2D eigenvalue weighted by Gasteiger charge is 2.31. The second kappa shape index (κ2) is 10.6. The van der Waals surface area contributed by atoms with Crippen molar-refractivity contribution in [3.8, 4) is 28.7 Å². The summed E-state index contributed by atoms with van der Waals surface area (Å²) in [6.45, 7) is 1.21. The molecule has 2 aromatic rings. The molecular weight excluding hydrogens is 392 g/mol. The van der Waals surface area contributed by atoms with Gasteiger partial charge in [-0.15, -0.1) is 0 Å². The third-order valence-corrected chi connectivity index (χ3v) is 4.71. The van der Waals surface area contributed by atoms with Crippen LogP contribution >= 0.6 is 0 Å². The van der Waals surface area contributed by atoms with Gasteiger partial charge in [0.2, 0.25) is 5.75 Å². The molecule has 0 saturated carbocycles. The largest absolute Gasteiger partial charge is 0.496 e. The molecule has 2 rings (SSSR count). The highest BCUT2D eigenvalue weighted by atomic mass is 16.5. The molecule has 0 unspecified atom stereocenters. The van der Waals surface area contributed by atoms with Crippen LogP contribution in [0.5, 0.6) is 28.7 Å². The highest BCUT2D eigenvalue weighted by molar-refractivity contribution is 5.66. The molecule has 8 heteroatoms. The summed E-state index contributed by atoms with van der Waals surface area (Å²) in [6, 6.07) is 8.57. The van der Waals surface area contributed by atoms with Gasteiger partial charge in [-0.1, -0.05) is 6.07 Å². The standard InChI is InChI=1S/C22H28O8/c1-13(23)30-12-15(20-16(25-2)8-7-9-17(20)26-3)21(24)14-10-18(27-4)22(29-6)19(11-14)28-5/h7-11,15,21,24H,12H2,1-6H3/t15-,21+/m1/s1. The molecule has 0 aliphatic rings. The van der Waals surface area contributed by atoms with E-state index in [1.807, 2.05) is 0 Å². The monoisotopic (exact) mass is 420 g/mol. The molecule has 8 nitrogen and oxygen atoms in total. The Kier molecular flexibility index (Phi) is 8.17. The Hall–Kier alpha value is -3.13. The van der Waals surface area contributed by atoms with E-state index in [2.05, 4.69) is 0 Å². The molecule has 0 aliphatic carbocycles. The number of hydrogen-bond donors (Lipinski definition) is 1. The van der Waals surface area contributed by atoms with Gasteiger partial charge in [-0.2, -0.15) is 0 Å². The number of benzene rings is 2. The van der Waals surface area contributed by atoms with E-state index in [4.69, 9.17) is 28.4 Å². The molecule has 2 atom stereocenters. The van der Waals surface area contributed by atoms with Gasteiger partial charge in [0, 0.05) is 12.5 Å². The number of ether oxygens (including phenoxy) is 6. The van der Waals surface area contributed by atoms with E-state index in [1.165, 1.54) is 42.5 Å². The SMILES string of the molecule is COc1cc([C@H](O)[C@H](COC(C)=O)c2c(OC)cccc2OC)cc(OC)c1OC. The molecule has 0 saturated heterocycles. The van der Waals surface area contributed by atoms with Crippen molar-refractivity contribution in [3.05, 3.63) is 41.5 Å². The van der Waals surface area contributed by atoms with Crippen LogP contribution in [0, 0.1) is 0 Å². The molecule has 0 heterocycles. The van der Waals surface area contributed by atoms with Crippen molar-refractivity contribution in [1.82, 2.24) is 0 Å². The predicted molar refractivity (Wildman–Crippen MR) is 110 cm³/mol. The second-order valence-electron chi connectivity index (χ2n) is 6.39. The third-order valence-electron chi connectivity index (χ3n) is 4.71. The van der Waals surface area contributed by atoms with E-state index >= 15 is 0 Å². The highest BCUT2D eigenvalue weighted by Crippen LogP contribution is 2.45. The fourth-order valence-electron chi connectivity index (χ4n) is 3.29. The quantitative estimate of drug-likeness (QED) is 0.586. The number of carbonyl (C=O) groups excluding carboxylic acids is 1. The number of carbonyl (C=O) groups is 1. The van der Waals surface area contributed by atoms with Gasteiger partial charge in [0.05, 0.1) is 47.6 Å². The normalized spacial score (nSPS) is 12.5. The number of aliphatic hydroxyl groups is 1. The average molecular weight is 420 g/mol. The maximum Gasteiger partial charge on any atom is 0.302 e. The molecule has 1 N–H and O–H groups in total. The van der Waals surface area contributed by atoms with Crippen LogP contribution in [0.15, 0.2) is 30.3 Å². The summed E-state index contributed by atoms with van der Waals surface area (Å²) < 4.78 is 32.4. The second-order valence-corrected chi connectivity index (χ2v) is 6.39.